The summed E-state index contributed by atoms with van der Waals surface area (Å²) in [6, 6.07) is 8.76. The Bertz CT molecular complexity index is 897. The van der Waals surface area contributed by atoms with Crippen molar-refractivity contribution in [3.8, 4) is 0 Å². The van der Waals surface area contributed by atoms with E-state index in [-0.39, 0.29) is 35.5 Å². The van der Waals surface area contributed by atoms with Gasteiger partial charge < -0.3 is 20.6 Å². The molecule has 0 radical (unpaired) electrons. The highest BCUT2D eigenvalue weighted by molar-refractivity contribution is 8.02. The van der Waals surface area contributed by atoms with Gasteiger partial charge in [0.05, 0.1) is 16.6 Å². The van der Waals surface area contributed by atoms with Crippen LogP contribution in [0.5, 0.6) is 0 Å². The van der Waals surface area contributed by atoms with Crippen LogP contribution in [0.2, 0.25) is 0 Å². The van der Waals surface area contributed by atoms with Crippen molar-refractivity contribution in [3.63, 3.8) is 0 Å². The van der Waals surface area contributed by atoms with Crippen molar-refractivity contribution in [1.29, 1.82) is 0 Å². The Morgan fingerprint density at radius 1 is 1.15 bits per heavy atom. The normalized spacial score (nSPS) is 31.6. The van der Waals surface area contributed by atoms with Crippen molar-refractivity contribution in [2.24, 2.45) is 17.8 Å². The van der Waals surface area contributed by atoms with Crippen LogP contribution in [0.4, 0.5) is 5.69 Å². The minimum atomic E-state index is -0.589. The molecule has 0 saturated carbocycles. The molecule has 3 N–H and O–H groups in total. The summed E-state index contributed by atoms with van der Waals surface area (Å²) in [4.78, 5) is 42.6. The monoisotopic (exact) mass is 487 g/mol. The zero-order valence-electron chi connectivity index (χ0n) is 20.2. The number of carbonyl (C=O) groups is 3. The average Bonchev–Trinajstić information content (AvgIpc) is 3.41. The highest BCUT2D eigenvalue weighted by atomic mass is 32.2. The predicted octanol–water partition coefficient (Wildman–Crippen LogP) is 3.04. The van der Waals surface area contributed by atoms with Crippen molar-refractivity contribution in [2.45, 2.75) is 68.4 Å². The molecule has 3 aliphatic heterocycles. The summed E-state index contributed by atoms with van der Waals surface area (Å²) in [7, 11) is 0. The molecule has 3 heterocycles. The summed E-state index contributed by atoms with van der Waals surface area (Å²) in [5, 5.41) is 15.4. The van der Waals surface area contributed by atoms with Gasteiger partial charge in [-0.15, -0.1) is 11.8 Å². The number of thioether (sulfide) groups is 1. The second-order valence-electron chi connectivity index (χ2n) is 9.87. The molecule has 0 aromatic heterocycles. The van der Waals surface area contributed by atoms with Crippen LogP contribution in [0.25, 0.3) is 0 Å². The third kappa shape index (κ3) is 4.35. The van der Waals surface area contributed by atoms with E-state index in [0.29, 0.717) is 25.9 Å². The van der Waals surface area contributed by atoms with E-state index in [0.717, 1.165) is 31.4 Å². The number of likely N-dealkylation sites (tertiary alicyclic amines) is 1. The van der Waals surface area contributed by atoms with Crippen LogP contribution in [0.1, 0.15) is 52.4 Å². The molecule has 186 valence electrons. The number of aliphatic hydroxyl groups excluding tert-OH is 1. The number of hydrogen-bond acceptors (Lipinski definition) is 5. The van der Waals surface area contributed by atoms with Gasteiger partial charge >= 0.3 is 0 Å². The molecular formula is C26H37N3O4S. The molecule has 34 heavy (non-hydrogen) atoms. The first-order valence-corrected chi connectivity index (χ1v) is 13.6. The molecule has 3 fully saturated rings. The lowest BCUT2D eigenvalue weighted by Gasteiger charge is -2.38. The Balaban J connectivity index is 1.61. The maximum Gasteiger partial charge on any atom is 0.244 e. The highest BCUT2D eigenvalue weighted by Crippen LogP contribution is 2.68. The number of carbonyl (C=O) groups excluding carboxylic acids is 3. The molecule has 1 aromatic rings. The molecule has 1 aromatic carbocycles. The molecule has 8 heteroatoms. The number of anilines is 1. The molecule has 3 saturated heterocycles. The SMILES string of the molecule is CCCCCNC(=O)C1N(CCCCO)C(=O)[C@@H]2[C@H](C(=O)Nc3ccccc3)[C@@H]3CC(C)C12S3. The minimum absolute atomic E-state index is 0.0302. The van der Waals surface area contributed by atoms with Crippen LogP contribution in [-0.2, 0) is 14.4 Å². The van der Waals surface area contributed by atoms with Crippen LogP contribution in [0.15, 0.2) is 30.3 Å². The van der Waals surface area contributed by atoms with Gasteiger partial charge in [0.2, 0.25) is 17.7 Å². The Labute approximate surface area is 206 Å². The van der Waals surface area contributed by atoms with Crippen molar-refractivity contribution < 1.29 is 19.5 Å². The molecule has 3 amide bonds. The molecule has 3 aliphatic rings. The van der Waals surface area contributed by atoms with Gasteiger partial charge in [0, 0.05) is 30.6 Å². The lowest BCUT2D eigenvalue weighted by atomic mass is 9.66. The Hall–Kier alpha value is -2.06. The number of aliphatic hydroxyl groups is 1. The Morgan fingerprint density at radius 2 is 1.91 bits per heavy atom. The first kappa shape index (κ1) is 25.0. The molecule has 4 rings (SSSR count). The van der Waals surface area contributed by atoms with E-state index in [4.69, 9.17) is 0 Å². The molecular weight excluding hydrogens is 450 g/mol. The van der Waals surface area contributed by atoms with Gasteiger partial charge in [-0.05, 0) is 43.7 Å². The summed E-state index contributed by atoms with van der Waals surface area (Å²) in [6.07, 6.45) is 5.07. The van der Waals surface area contributed by atoms with Crippen LogP contribution in [-0.4, -0.2) is 63.5 Å². The summed E-state index contributed by atoms with van der Waals surface area (Å²) in [6.45, 7) is 5.34. The van der Waals surface area contributed by atoms with Crippen molar-refractivity contribution >= 4 is 35.2 Å². The van der Waals surface area contributed by atoms with E-state index in [1.54, 1.807) is 16.7 Å². The number of fused-ring (bicyclic) bond motifs is 1. The van der Waals surface area contributed by atoms with Gasteiger partial charge in [-0.3, -0.25) is 14.4 Å². The molecule has 6 atom stereocenters. The standard InChI is InChI=1S/C26H37N3O4S/c1-3-4-8-13-27-24(32)22-26-17(2)16-19(34-26)20(23(31)28-18-11-6-5-7-12-18)21(26)25(33)29(22)14-9-10-15-30/h5-7,11-12,17,19-22,30H,3-4,8-10,13-16H2,1-2H3,(H,27,32)(H,28,31)/t17?,19-,20+,21-,22?,26?/m0/s1. The van der Waals surface area contributed by atoms with Gasteiger partial charge in [-0.25, -0.2) is 0 Å². The number of nitrogens with zero attached hydrogens (tertiary/aromatic N) is 1. The number of amides is 3. The van der Waals surface area contributed by atoms with E-state index in [9.17, 15) is 19.5 Å². The summed E-state index contributed by atoms with van der Waals surface area (Å²) in [5.74, 6) is -1.11. The maximum absolute atomic E-state index is 13.9. The quantitative estimate of drug-likeness (QED) is 0.417. The van der Waals surface area contributed by atoms with Gasteiger partial charge in [0.15, 0.2) is 0 Å². The van der Waals surface area contributed by atoms with Crippen LogP contribution < -0.4 is 10.6 Å². The lowest BCUT2D eigenvalue weighted by Crippen LogP contribution is -2.56. The fourth-order valence-corrected chi connectivity index (χ4v) is 8.61. The van der Waals surface area contributed by atoms with E-state index < -0.39 is 22.6 Å². The fraction of sp³-hybridized carbons (Fsp3) is 0.654. The fourth-order valence-electron chi connectivity index (χ4n) is 6.18. The predicted molar refractivity (Wildman–Crippen MR) is 134 cm³/mol. The van der Waals surface area contributed by atoms with Crippen LogP contribution >= 0.6 is 11.8 Å². The molecule has 3 unspecified atom stereocenters. The number of benzene rings is 1. The number of nitrogens with one attached hydrogen (secondary N) is 2. The minimum Gasteiger partial charge on any atom is -0.396 e. The molecule has 0 aliphatic carbocycles. The topological polar surface area (TPSA) is 98.7 Å². The van der Waals surface area contributed by atoms with Crippen molar-refractivity contribution in [1.82, 2.24) is 10.2 Å². The first-order chi connectivity index (χ1) is 16.5. The molecule has 2 bridgehead atoms. The van der Waals surface area contributed by atoms with Gasteiger partial charge in [0.1, 0.15) is 6.04 Å². The van der Waals surface area contributed by atoms with Crippen molar-refractivity contribution in [3.05, 3.63) is 30.3 Å². The third-order valence-corrected chi connectivity index (χ3v) is 9.80. The largest absolute Gasteiger partial charge is 0.396 e. The van der Waals surface area contributed by atoms with E-state index >= 15 is 0 Å². The average molecular weight is 488 g/mol. The summed E-state index contributed by atoms with van der Waals surface area (Å²) in [5.41, 5.74) is 0.720. The Kier molecular flexibility index (Phi) is 7.87. The first-order valence-electron chi connectivity index (χ1n) is 12.7. The van der Waals surface area contributed by atoms with Gasteiger partial charge in [-0.2, -0.15) is 0 Å². The van der Waals surface area contributed by atoms with Crippen LogP contribution in [0, 0.1) is 17.8 Å². The van der Waals surface area contributed by atoms with Gasteiger partial charge in [0.25, 0.3) is 0 Å². The van der Waals surface area contributed by atoms with E-state index in [2.05, 4.69) is 24.5 Å². The zero-order valence-corrected chi connectivity index (χ0v) is 21.0. The van der Waals surface area contributed by atoms with Crippen molar-refractivity contribution in [2.75, 3.05) is 25.0 Å². The summed E-state index contributed by atoms with van der Waals surface area (Å²) < 4.78 is -0.589. The maximum atomic E-state index is 13.9. The number of para-hydroxylation sites is 1. The molecule has 1 spiro atoms. The summed E-state index contributed by atoms with van der Waals surface area (Å²) >= 11 is 1.70. The second kappa shape index (κ2) is 10.7. The van der Waals surface area contributed by atoms with E-state index in [1.165, 1.54) is 0 Å². The third-order valence-electron chi connectivity index (χ3n) is 7.72. The van der Waals surface area contributed by atoms with E-state index in [1.807, 2.05) is 30.3 Å². The highest BCUT2D eigenvalue weighted by Gasteiger charge is 2.75. The lowest BCUT2D eigenvalue weighted by molar-refractivity contribution is -0.139. The number of unbranched alkanes of at least 4 members (excludes halogenated alkanes) is 3. The second-order valence-corrected chi connectivity index (χ2v) is 11.4. The molecule has 7 nitrogen and oxygen atoms in total. The van der Waals surface area contributed by atoms with Gasteiger partial charge in [-0.1, -0.05) is 44.9 Å². The van der Waals surface area contributed by atoms with Crippen LogP contribution in [0.3, 0.4) is 0 Å². The zero-order chi connectivity index (χ0) is 24.3. The Morgan fingerprint density at radius 3 is 2.62 bits per heavy atom. The number of hydrogen-bond donors (Lipinski definition) is 3. The smallest absolute Gasteiger partial charge is 0.244 e. The number of rotatable bonds is 11.